The van der Waals surface area contributed by atoms with E-state index in [1.54, 1.807) is 0 Å². The van der Waals surface area contributed by atoms with E-state index in [1.165, 1.54) is 0 Å². The van der Waals surface area contributed by atoms with Gasteiger partial charge in [0.1, 0.15) is 11.6 Å². The smallest absolute Gasteiger partial charge is 0.236 e. The summed E-state index contributed by atoms with van der Waals surface area (Å²) < 4.78 is 62.7. The summed E-state index contributed by atoms with van der Waals surface area (Å²) in [4.78, 5) is 6.82. The molecule has 94 valence electrons. The minimum absolute atomic E-state index is 0.162. The molecule has 0 spiro atoms. The normalized spacial score (nSPS) is 11.6. The fourth-order valence-corrected chi connectivity index (χ4v) is 1.28. The van der Waals surface area contributed by atoms with Crippen LogP contribution in [0.25, 0.3) is 11.4 Å². The predicted molar refractivity (Wildman–Crippen MR) is 52.4 cm³/mol. The number of hydrogen-bond acceptors (Lipinski definition) is 2. The van der Waals surface area contributed by atoms with E-state index in [0.717, 1.165) is 12.1 Å². The van der Waals surface area contributed by atoms with E-state index in [-0.39, 0.29) is 11.4 Å². The molecule has 0 aliphatic heterocycles. The number of nitrogens with zero attached hydrogens (tertiary/aromatic N) is 2. The van der Waals surface area contributed by atoms with E-state index >= 15 is 0 Å². The van der Waals surface area contributed by atoms with Crippen LogP contribution in [-0.4, -0.2) is 9.97 Å². The maximum atomic E-state index is 13.3. The van der Waals surface area contributed by atoms with Gasteiger partial charge >= 0.3 is 6.18 Å². The van der Waals surface area contributed by atoms with Crippen molar-refractivity contribution in [3.63, 3.8) is 0 Å². The van der Waals surface area contributed by atoms with Crippen molar-refractivity contribution in [2.24, 2.45) is 0 Å². The highest BCUT2D eigenvalue weighted by atomic mass is 19.4. The van der Waals surface area contributed by atoms with E-state index in [2.05, 4.69) is 9.97 Å². The first-order valence-electron chi connectivity index (χ1n) is 4.72. The Balaban J connectivity index is 2.41. The molecular formula is C11H5F5N2. The molecule has 1 aromatic carbocycles. The van der Waals surface area contributed by atoms with E-state index in [0.29, 0.717) is 18.5 Å². The summed E-state index contributed by atoms with van der Waals surface area (Å²) in [5, 5.41) is 0. The molecule has 7 heteroatoms. The van der Waals surface area contributed by atoms with Crippen molar-refractivity contribution < 1.29 is 22.0 Å². The van der Waals surface area contributed by atoms with E-state index in [1.807, 2.05) is 0 Å². The van der Waals surface area contributed by atoms with Gasteiger partial charge in [-0.2, -0.15) is 13.2 Å². The average Bonchev–Trinajstić information content (AvgIpc) is 2.28. The zero-order valence-electron chi connectivity index (χ0n) is 8.67. The van der Waals surface area contributed by atoms with Gasteiger partial charge in [-0.3, -0.25) is 0 Å². The third-order valence-electron chi connectivity index (χ3n) is 2.15. The first-order chi connectivity index (χ1) is 8.38. The van der Waals surface area contributed by atoms with Crippen LogP contribution in [0.4, 0.5) is 22.0 Å². The Labute approximate surface area is 98.1 Å². The van der Waals surface area contributed by atoms with Crippen LogP contribution < -0.4 is 0 Å². The first kappa shape index (κ1) is 12.4. The molecule has 1 aromatic heterocycles. The van der Waals surface area contributed by atoms with Gasteiger partial charge in [-0.25, -0.2) is 18.7 Å². The number of aromatic nitrogens is 2. The monoisotopic (exact) mass is 260 g/mol. The SMILES string of the molecule is Fc1ccc(-c2ncc(C(F)(F)F)cn2)c(F)c1. The Kier molecular flexibility index (Phi) is 2.98. The number of rotatable bonds is 1. The molecule has 0 amide bonds. The van der Waals surface area contributed by atoms with Crippen LogP contribution in [-0.2, 0) is 6.18 Å². The molecule has 0 N–H and O–H groups in total. The number of halogens is 5. The molecule has 0 aliphatic carbocycles. The lowest BCUT2D eigenvalue weighted by molar-refractivity contribution is -0.138. The lowest BCUT2D eigenvalue weighted by Crippen LogP contribution is -2.06. The standard InChI is InChI=1S/C11H5F5N2/c12-7-1-2-8(9(13)3-7)10-17-4-6(5-18-10)11(14,15)16/h1-5H. The molecule has 0 aliphatic rings. The Morgan fingerprint density at radius 3 is 2.06 bits per heavy atom. The maximum absolute atomic E-state index is 13.3. The van der Waals surface area contributed by atoms with Gasteiger partial charge in [0.15, 0.2) is 5.82 Å². The lowest BCUT2D eigenvalue weighted by Gasteiger charge is -2.06. The van der Waals surface area contributed by atoms with E-state index in [4.69, 9.17) is 0 Å². The summed E-state index contributed by atoms with van der Waals surface area (Å²) in [7, 11) is 0. The summed E-state index contributed by atoms with van der Waals surface area (Å²) in [5.41, 5.74) is -1.20. The average molecular weight is 260 g/mol. The van der Waals surface area contributed by atoms with Crippen LogP contribution >= 0.6 is 0 Å². The Morgan fingerprint density at radius 1 is 0.944 bits per heavy atom. The highest BCUT2D eigenvalue weighted by Gasteiger charge is 2.31. The van der Waals surface area contributed by atoms with Crippen molar-refractivity contribution in [3.8, 4) is 11.4 Å². The van der Waals surface area contributed by atoms with Crippen molar-refractivity contribution in [1.82, 2.24) is 9.97 Å². The highest BCUT2D eigenvalue weighted by Crippen LogP contribution is 2.29. The van der Waals surface area contributed by atoms with E-state index < -0.39 is 23.4 Å². The van der Waals surface area contributed by atoms with Gasteiger partial charge < -0.3 is 0 Å². The van der Waals surface area contributed by atoms with Crippen LogP contribution in [0.2, 0.25) is 0 Å². The van der Waals surface area contributed by atoms with Gasteiger partial charge in [0, 0.05) is 18.5 Å². The van der Waals surface area contributed by atoms with Gasteiger partial charge in [-0.05, 0) is 12.1 Å². The molecule has 0 atom stereocenters. The van der Waals surface area contributed by atoms with Gasteiger partial charge in [0.25, 0.3) is 0 Å². The van der Waals surface area contributed by atoms with E-state index in [9.17, 15) is 22.0 Å². The largest absolute Gasteiger partial charge is 0.419 e. The second kappa shape index (κ2) is 4.32. The molecule has 0 bridgehead atoms. The molecule has 1 heterocycles. The Hall–Kier alpha value is -2.05. The molecular weight excluding hydrogens is 255 g/mol. The quantitative estimate of drug-likeness (QED) is 0.734. The van der Waals surface area contributed by atoms with Crippen molar-refractivity contribution in [3.05, 3.63) is 47.8 Å². The van der Waals surface area contributed by atoms with Gasteiger partial charge in [0.2, 0.25) is 0 Å². The summed E-state index contributed by atoms with van der Waals surface area (Å²) in [6.07, 6.45) is -3.46. The fraction of sp³-hybridized carbons (Fsp3) is 0.0909. The fourth-order valence-electron chi connectivity index (χ4n) is 1.28. The topological polar surface area (TPSA) is 25.8 Å². The third kappa shape index (κ3) is 2.44. The first-order valence-corrected chi connectivity index (χ1v) is 4.72. The molecule has 2 aromatic rings. The van der Waals surface area contributed by atoms with Crippen LogP contribution in [0.5, 0.6) is 0 Å². The lowest BCUT2D eigenvalue weighted by atomic mass is 10.2. The molecule has 0 saturated heterocycles. The molecule has 2 nitrogen and oxygen atoms in total. The maximum Gasteiger partial charge on any atom is 0.419 e. The second-order valence-electron chi connectivity index (χ2n) is 3.42. The summed E-state index contributed by atoms with van der Waals surface area (Å²) in [6.45, 7) is 0. The highest BCUT2D eigenvalue weighted by molar-refractivity contribution is 5.55. The number of benzene rings is 1. The molecule has 0 radical (unpaired) electrons. The molecule has 0 fully saturated rings. The third-order valence-corrected chi connectivity index (χ3v) is 2.15. The summed E-state index contributed by atoms with van der Waals surface area (Å²) >= 11 is 0. The Morgan fingerprint density at radius 2 is 1.56 bits per heavy atom. The minimum atomic E-state index is -4.56. The van der Waals surface area contributed by atoms with Crippen LogP contribution in [0.3, 0.4) is 0 Å². The van der Waals surface area contributed by atoms with Crippen LogP contribution in [0.15, 0.2) is 30.6 Å². The minimum Gasteiger partial charge on any atom is -0.236 e. The van der Waals surface area contributed by atoms with Crippen molar-refractivity contribution in [1.29, 1.82) is 0 Å². The molecule has 0 unspecified atom stereocenters. The number of hydrogen-bond donors (Lipinski definition) is 0. The van der Waals surface area contributed by atoms with Crippen molar-refractivity contribution >= 4 is 0 Å². The van der Waals surface area contributed by atoms with Gasteiger partial charge in [-0.15, -0.1) is 0 Å². The summed E-state index contributed by atoms with van der Waals surface area (Å²) in [5.74, 6) is -1.96. The Bertz CT molecular complexity index is 563. The second-order valence-corrected chi connectivity index (χ2v) is 3.42. The molecule has 0 saturated carbocycles. The zero-order valence-corrected chi connectivity index (χ0v) is 8.67. The predicted octanol–water partition coefficient (Wildman–Crippen LogP) is 3.44. The number of alkyl halides is 3. The van der Waals surface area contributed by atoms with Crippen molar-refractivity contribution in [2.45, 2.75) is 6.18 Å². The van der Waals surface area contributed by atoms with Gasteiger partial charge in [-0.1, -0.05) is 0 Å². The molecule has 2 rings (SSSR count). The zero-order chi connectivity index (χ0) is 13.3. The van der Waals surface area contributed by atoms with Crippen molar-refractivity contribution in [2.75, 3.05) is 0 Å². The molecule has 18 heavy (non-hydrogen) atoms. The van der Waals surface area contributed by atoms with Gasteiger partial charge in [0.05, 0.1) is 11.1 Å². The summed E-state index contributed by atoms with van der Waals surface area (Å²) in [6, 6.07) is 2.64. The van der Waals surface area contributed by atoms with Crippen LogP contribution in [0, 0.1) is 11.6 Å². The van der Waals surface area contributed by atoms with Crippen LogP contribution in [0.1, 0.15) is 5.56 Å².